The van der Waals surface area contributed by atoms with E-state index in [2.05, 4.69) is 88.6 Å². The summed E-state index contributed by atoms with van der Waals surface area (Å²) >= 11 is 0. The van der Waals surface area contributed by atoms with E-state index >= 15 is 0 Å². The van der Waals surface area contributed by atoms with Crippen molar-refractivity contribution < 1.29 is 20.1 Å². The molecule has 0 aliphatic heterocycles. The van der Waals surface area contributed by atoms with Crippen molar-refractivity contribution in [1.29, 1.82) is 0 Å². The van der Waals surface area contributed by atoms with E-state index in [1.807, 2.05) is 73.8 Å². The van der Waals surface area contributed by atoms with E-state index < -0.39 is 0 Å². The minimum Gasteiger partial charge on any atom is -0.304 e. The first-order valence-electron chi connectivity index (χ1n) is 12.5. The topological polar surface area (TPSA) is 38.7 Å². The summed E-state index contributed by atoms with van der Waals surface area (Å²) in [5.74, 6) is 0.720. The van der Waals surface area contributed by atoms with Crippen LogP contribution in [-0.4, -0.2) is 15.0 Å². The summed E-state index contributed by atoms with van der Waals surface area (Å²) < 4.78 is 0. The van der Waals surface area contributed by atoms with Gasteiger partial charge in [-0.3, -0.25) is 9.97 Å². The molecule has 4 aromatic carbocycles. The first kappa shape index (κ1) is 27.8. The molecule has 6 rings (SSSR count). The molecule has 0 bridgehead atoms. The number of aryl methyl sites for hydroxylation is 2. The Labute approximate surface area is 244 Å². The molecular formula is C35H27IrN3-2. The minimum absolute atomic E-state index is 0. The maximum atomic E-state index is 4.44. The van der Waals surface area contributed by atoms with Gasteiger partial charge in [0, 0.05) is 38.2 Å². The summed E-state index contributed by atoms with van der Waals surface area (Å²) in [5, 5.41) is 0. The quantitative estimate of drug-likeness (QED) is 0.175. The molecule has 0 amide bonds. The summed E-state index contributed by atoms with van der Waals surface area (Å²) in [6.07, 6.45) is 3.60. The van der Waals surface area contributed by atoms with Gasteiger partial charge in [-0.15, -0.1) is 65.2 Å². The molecule has 0 saturated heterocycles. The second-order valence-electron chi connectivity index (χ2n) is 8.90. The Morgan fingerprint density at radius 3 is 1.92 bits per heavy atom. The van der Waals surface area contributed by atoms with Gasteiger partial charge in [-0.25, -0.2) is 0 Å². The Hall–Kier alpha value is -4.24. The van der Waals surface area contributed by atoms with Gasteiger partial charge in [-0.1, -0.05) is 83.4 Å². The summed E-state index contributed by atoms with van der Waals surface area (Å²) in [7, 11) is 0. The van der Waals surface area contributed by atoms with Gasteiger partial charge in [0.25, 0.3) is 0 Å². The summed E-state index contributed by atoms with van der Waals surface area (Å²) in [5.41, 5.74) is 9.82. The van der Waals surface area contributed by atoms with Crippen molar-refractivity contribution in [2.75, 3.05) is 0 Å². The molecule has 0 spiro atoms. The Kier molecular flexibility index (Phi) is 9.63. The average Bonchev–Trinajstić information content (AvgIpc) is 2.99. The Balaban J connectivity index is 0.000000176. The van der Waals surface area contributed by atoms with Gasteiger partial charge < -0.3 is 4.98 Å². The standard InChI is InChI=1S/C18H14N.C17H13N2.Ir/c1-14-6-5-13-19-18(14)17-11-9-16(10-12-17)15-7-3-2-4-8-15;1-13-10-11-18-17(19-13)16-9-5-8-15(12-16)14-6-3-2-4-7-14;/h2-11,13H,1H3;2-8,10-12H,1H3;/q2*-1;. The van der Waals surface area contributed by atoms with Gasteiger partial charge in [0.15, 0.2) is 0 Å². The predicted octanol–water partition coefficient (Wildman–Crippen LogP) is 8.44. The number of aromatic nitrogens is 3. The van der Waals surface area contributed by atoms with Crippen molar-refractivity contribution in [3.8, 4) is 44.9 Å². The van der Waals surface area contributed by atoms with Crippen molar-refractivity contribution in [2.45, 2.75) is 13.8 Å². The molecule has 4 heteroatoms. The van der Waals surface area contributed by atoms with Crippen LogP contribution in [0.3, 0.4) is 0 Å². The molecule has 39 heavy (non-hydrogen) atoms. The molecule has 1 radical (unpaired) electrons. The van der Waals surface area contributed by atoms with Crippen LogP contribution in [0.2, 0.25) is 0 Å². The summed E-state index contributed by atoms with van der Waals surface area (Å²) in [4.78, 5) is 13.2. The third kappa shape index (κ3) is 7.20. The fourth-order valence-electron chi connectivity index (χ4n) is 4.13. The SMILES string of the molecule is Cc1cccnc1-c1[c-]cc(-c2ccccc2)cc1.Cc1ccnc(-c2[c-]ccc(-c3ccccc3)c2)n1.[Ir]. The molecule has 0 unspecified atom stereocenters. The molecule has 0 aliphatic rings. The number of hydrogen-bond acceptors (Lipinski definition) is 3. The van der Waals surface area contributed by atoms with Crippen LogP contribution in [0.25, 0.3) is 44.9 Å². The molecular weight excluding hydrogens is 655 g/mol. The first-order chi connectivity index (χ1) is 18.7. The van der Waals surface area contributed by atoms with E-state index in [-0.39, 0.29) is 20.1 Å². The second-order valence-corrected chi connectivity index (χ2v) is 8.90. The van der Waals surface area contributed by atoms with Crippen LogP contribution in [0.5, 0.6) is 0 Å². The van der Waals surface area contributed by atoms with Crippen molar-refractivity contribution in [1.82, 2.24) is 15.0 Å². The molecule has 0 N–H and O–H groups in total. The van der Waals surface area contributed by atoms with Gasteiger partial charge in [0.1, 0.15) is 0 Å². The second kappa shape index (κ2) is 13.5. The van der Waals surface area contributed by atoms with Crippen LogP contribution in [0.1, 0.15) is 11.3 Å². The maximum absolute atomic E-state index is 4.44. The molecule has 3 nitrogen and oxygen atoms in total. The number of pyridine rings is 1. The largest absolute Gasteiger partial charge is 0.304 e. The van der Waals surface area contributed by atoms with Crippen molar-refractivity contribution in [2.24, 2.45) is 0 Å². The van der Waals surface area contributed by atoms with Gasteiger partial charge in [-0.05, 0) is 37.2 Å². The van der Waals surface area contributed by atoms with Gasteiger partial charge in [0.2, 0.25) is 0 Å². The first-order valence-corrected chi connectivity index (χ1v) is 12.5. The average molecular weight is 682 g/mol. The smallest absolute Gasteiger partial charge is 0.0751 e. The third-order valence-corrected chi connectivity index (χ3v) is 6.13. The number of benzene rings is 4. The fourth-order valence-corrected chi connectivity index (χ4v) is 4.13. The Morgan fingerprint density at radius 2 is 1.28 bits per heavy atom. The van der Waals surface area contributed by atoms with E-state index in [1.54, 1.807) is 6.20 Å². The number of hydrogen-bond donors (Lipinski definition) is 0. The summed E-state index contributed by atoms with van der Waals surface area (Å²) in [6.45, 7) is 4.04. The zero-order valence-corrected chi connectivity index (χ0v) is 24.2. The van der Waals surface area contributed by atoms with Crippen LogP contribution >= 0.6 is 0 Å². The normalized spacial score (nSPS) is 10.1. The maximum Gasteiger partial charge on any atom is 0.0751 e. The third-order valence-electron chi connectivity index (χ3n) is 6.13. The minimum atomic E-state index is 0. The van der Waals surface area contributed by atoms with Crippen molar-refractivity contribution >= 4 is 0 Å². The molecule has 2 aromatic heterocycles. The molecule has 0 aliphatic carbocycles. The van der Waals surface area contributed by atoms with Crippen molar-refractivity contribution in [3.05, 3.63) is 151 Å². The summed E-state index contributed by atoms with van der Waals surface area (Å²) in [6, 6.07) is 45.3. The van der Waals surface area contributed by atoms with Crippen LogP contribution < -0.4 is 0 Å². The number of nitrogens with zero attached hydrogens (tertiary/aromatic N) is 3. The van der Waals surface area contributed by atoms with Crippen LogP contribution in [-0.2, 0) is 20.1 Å². The van der Waals surface area contributed by atoms with Crippen molar-refractivity contribution in [3.63, 3.8) is 0 Å². The van der Waals surface area contributed by atoms with E-state index in [0.717, 1.165) is 33.9 Å². The monoisotopic (exact) mass is 682 g/mol. The molecule has 193 valence electrons. The zero-order valence-electron chi connectivity index (χ0n) is 21.8. The Bertz CT molecular complexity index is 1620. The van der Waals surface area contributed by atoms with Gasteiger partial charge in [-0.2, -0.15) is 0 Å². The Morgan fingerprint density at radius 1 is 0.564 bits per heavy atom. The van der Waals surface area contributed by atoms with Gasteiger partial charge >= 0.3 is 0 Å². The van der Waals surface area contributed by atoms with E-state index in [1.165, 1.54) is 22.3 Å². The zero-order chi connectivity index (χ0) is 26.2. The van der Waals surface area contributed by atoms with E-state index in [4.69, 9.17) is 0 Å². The number of rotatable bonds is 4. The van der Waals surface area contributed by atoms with Crippen LogP contribution in [0.15, 0.2) is 128 Å². The van der Waals surface area contributed by atoms with Crippen LogP contribution in [0, 0.1) is 26.0 Å². The van der Waals surface area contributed by atoms with Crippen LogP contribution in [0.4, 0.5) is 0 Å². The van der Waals surface area contributed by atoms with Gasteiger partial charge in [0.05, 0.1) is 5.82 Å². The molecule has 0 fully saturated rings. The molecule has 0 atom stereocenters. The van der Waals surface area contributed by atoms with E-state index in [9.17, 15) is 0 Å². The molecule has 2 heterocycles. The predicted molar refractivity (Wildman–Crippen MR) is 155 cm³/mol. The molecule has 0 saturated carbocycles. The fraction of sp³-hybridized carbons (Fsp3) is 0.0571. The van der Waals surface area contributed by atoms with E-state index in [0.29, 0.717) is 0 Å². The molecule has 6 aromatic rings.